The third-order valence-electron chi connectivity index (χ3n) is 1.23. The van der Waals surface area contributed by atoms with Crippen molar-refractivity contribution in [2.75, 3.05) is 19.7 Å². The molecule has 1 amide bonds. The Morgan fingerprint density at radius 2 is 2.00 bits per heavy atom. The minimum atomic E-state index is -4.67. The van der Waals surface area contributed by atoms with Gasteiger partial charge in [-0.05, 0) is 0 Å². The molecule has 0 saturated heterocycles. The van der Waals surface area contributed by atoms with Gasteiger partial charge in [-0.15, -0.1) is 6.42 Å². The molecule has 0 unspecified atom stereocenters. The monoisotopic (exact) mass is 239 g/mol. The van der Waals surface area contributed by atoms with Crippen molar-refractivity contribution in [1.29, 1.82) is 0 Å². The van der Waals surface area contributed by atoms with E-state index < -0.39 is 37.9 Å². The summed E-state index contributed by atoms with van der Waals surface area (Å²) in [7, 11) is 0. The topological polar surface area (TPSA) is 66.8 Å². The lowest BCUT2D eigenvalue weighted by Crippen LogP contribution is -2.38. The predicted molar refractivity (Wildman–Crippen MR) is 45.4 cm³/mol. The van der Waals surface area contributed by atoms with Crippen molar-refractivity contribution in [2.45, 2.75) is 6.18 Å². The van der Waals surface area contributed by atoms with E-state index in [4.69, 9.17) is 11.5 Å². The Labute approximate surface area is 88.8 Å². The maximum Gasteiger partial charge on any atom is 0.422 e. The number of amides is 1. The van der Waals surface area contributed by atoms with Crippen LogP contribution in [0.25, 0.3) is 0 Å². The van der Waals surface area contributed by atoms with Crippen molar-refractivity contribution < 1.29 is 32.6 Å². The Bertz CT molecular complexity index is 307. The second-order valence-corrected chi connectivity index (χ2v) is 2.62. The van der Waals surface area contributed by atoms with Crippen molar-refractivity contribution in [2.24, 2.45) is 0 Å². The number of terminal acetylenes is 1. The van der Waals surface area contributed by atoms with E-state index in [1.54, 1.807) is 0 Å². The van der Waals surface area contributed by atoms with Crippen molar-refractivity contribution in [3.05, 3.63) is 0 Å². The van der Waals surface area contributed by atoms with Gasteiger partial charge in [0, 0.05) is 0 Å². The fraction of sp³-hybridized carbons (Fsp3) is 0.500. The predicted octanol–water partition coefficient (Wildman–Crippen LogP) is 0.705. The Morgan fingerprint density at radius 3 is 2.38 bits per heavy atom. The van der Waals surface area contributed by atoms with Crippen LogP contribution in [0.1, 0.15) is 0 Å². The lowest BCUT2D eigenvalue weighted by atomic mass is 10.5. The first kappa shape index (κ1) is 14.1. The molecule has 8 heteroatoms. The molecule has 0 saturated carbocycles. The summed E-state index contributed by atoms with van der Waals surface area (Å²) in [6.45, 7) is -3.05. The Morgan fingerprint density at radius 1 is 1.44 bits per heavy atom. The molecule has 0 radical (unpaired) electrons. The molecule has 16 heavy (non-hydrogen) atoms. The molecule has 0 aliphatic carbocycles. The van der Waals surface area contributed by atoms with Gasteiger partial charge in [0.15, 0.2) is 6.61 Å². The zero-order valence-corrected chi connectivity index (χ0v) is 7.95. The van der Waals surface area contributed by atoms with Crippen LogP contribution in [0.5, 0.6) is 0 Å². The number of carboxylic acid groups (broad SMARTS) is 1. The van der Waals surface area contributed by atoms with Crippen LogP contribution < -0.4 is 0 Å². The smallest absolute Gasteiger partial charge is 0.422 e. The Balaban J connectivity index is 4.29. The molecule has 0 aliphatic rings. The highest BCUT2D eigenvalue weighted by atomic mass is 19.4. The van der Waals surface area contributed by atoms with Gasteiger partial charge in [-0.1, -0.05) is 5.92 Å². The number of aliphatic carboxylic acids is 1. The number of nitrogens with zero attached hydrogens (tertiary/aromatic N) is 1. The van der Waals surface area contributed by atoms with Gasteiger partial charge in [0.1, 0.15) is 6.54 Å². The van der Waals surface area contributed by atoms with Gasteiger partial charge in [0.25, 0.3) is 0 Å². The number of alkyl halides is 3. The molecule has 0 rings (SSSR count). The summed E-state index contributed by atoms with van der Waals surface area (Å²) in [5.41, 5.74) is 0. The van der Waals surface area contributed by atoms with Crippen molar-refractivity contribution in [1.82, 2.24) is 4.90 Å². The van der Waals surface area contributed by atoms with E-state index in [1.807, 2.05) is 5.92 Å². The van der Waals surface area contributed by atoms with Crippen LogP contribution in [0.3, 0.4) is 0 Å². The molecule has 0 heterocycles. The molecule has 5 nitrogen and oxygen atoms in total. The van der Waals surface area contributed by atoms with Gasteiger partial charge < -0.3 is 9.84 Å². The average Bonchev–Trinajstić information content (AvgIpc) is 2.11. The molecular formula is C8H8F3NO4. The first-order chi connectivity index (χ1) is 7.26. The average molecular weight is 239 g/mol. The maximum atomic E-state index is 11.7. The molecular weight excluding hydrogens is 231 g/mol. The number of carbonyl (C=O) groups is 2. The molecule has 0 bridgehead atoms. The van der Waals surface area contributed by atoms with E-state index in [0.29, 0.717) is 4.90 Å². The molecule has 90 valence electrons. The van der Waals surface area contributed by atoms with Crippen molar-refractivity contribution >= 4 is 12.1 Å². The molecule has 0 aromatic heterocycles. The summed E-state index contributed by atoms with van der Waals surface area (Å²) in [6.07, 6.45) is -1.27. The zero-order chi connectivity index (χ0) is 12.8. The molecule has 0 atom stereocenters. The van der Waals surface area contributed by atoms with E-state index in [2.05, 4.69) is 4.74 Å². The second-order valence-electron chi connectivity index (χ2n) is 2.62. The van der Waals surface area contributed by atoms with Gasteiger partial charge in [0.05, 0.1) is 6.54 Å². The lowest BCUT2D eigenvalue weighted by molar-refractivity contribution is -0.162. The zero-order valence-electron chi connectivity index (χ0n) is 7.95. The minimum Gasteiger partial charge on any atom is -0.480 e. The molecule has 0 fully saturated rings. The third kappa shape index (κ3) is 6.53. The van der Waals surface area contributed by atoms with E-state index in [-0.39, 0.29) is 0 Å². The summed E-state index contributed by atoms with van der Waals surface area (Å²) in [5.74, 6) is 0.528. The molecule has 0 aromatic carbocycles. The number of hydrogen-bond donors (Lipinski definition) is 1. The molecule has 0 spiro atoms. The van der Waals surface area contributed by atoms with E-state index >= 15 is 0 Å². The first-order valence-electron chi connectivity index (χ1n) is 3.90. The third-order valence-corrected chi connectivity index (χ3v) is 1.23. The lowest BCUT2D eigenvalue weighted by Gasteiger charge is -2.17. The quantitative estimate of drug-likeness (QED) is 0.733. The first-order valence-corrected chi connectivity index (χ1v) is 3.90. The van der Waals surface area contributed by atoms with Gasteiger partial charge in [-0.25, -0.2) is 4.79 Å². The van der Waals surface area contributed by atoms with Crippen LogP contribution in [-0.2, 0) is 9.53 Å². The Hall–Kier alpha value is -1.91. The highest BCUT2D eigenvalue weighted by Gasteiger charge is 2.31. The number of halogens is 3. The van der Waals surface area contributed by atoms with E-state index in [9.17, 15) is 22.8 Å². The van der Waals surface area contributed by atoms with Crippen LogP contribution in [0, 0.1) is 12.3 Å². The summed E-state index contributed by atoms with van der Waals surface area (Å²) in [4.78, 5) is 21.7. The number of rotatable bonds is 4. The maximum absolute atomic E-state index is 11.7. The molecule has 1 N–H and O–H groups in total. The van der Waals surface area contributed by atoms with Gasteiger partial charge in [-0.2, -0.15) is 13.2 Å². The fourth-order valence-electron chi connectivity index (χ4n) is 0.693. The standard InChI is InChI=1S/C8H8F3NO4/c1-2-3-12(4-6(13)14)7(15)16-5-8(9,10)11/h1H,3-5H2,(H,13,14). The summed E-state index contributed by atoms with van der Waals surface area (Å²) in [5, 5.41) is 8.35. The van der Waals surface area contributed by atoms with Gasteiger partial charge >= 0.3 is 18.2 Å². The van der Waals surface area contributed by atoms with Crippen LogP contribution in [-0.4, -0.2) is 47.9 Å². The number of hydrogen-bond acceptors (Lipinski definition) is 3. The minimum absolute atomic E-state index is 0.441. The summed E-state index contributed by atoms with van der Waals surface area (Å²) >= 11 is 0. The van der Waals surface area contributed by atoms with Crippen molar-refractivity contribution in [3.63, 3.8) is 0 Å². The van der Waals surface area contributed by atoms with E-state index in [1.165, 1.54) is 0 Å². The van der Waals surface area contributed by atoms with Crippen molar-refractivity contribution in [3.8, 4) is 12.3 Å². The SMILES string of the molecule is C#CCN(CC(=O)O)C(=O)OCC(F)(F)F. The normalized spacial score (nSPS) is 10.4. The molecule has 0 aliphatic heterocycles. The largest absolute Gasteiger partial charge is 0.480 e. The second kappa shape index (κ2) is 5.85. The van der Waals surface area contributed by atoms with Gasteiger partial charge in [-0.3, -0.25) is 9.69 Å². The summed E-state index contributed by atoms with van der Waals surface area (Å²) < 4.78 is 38.9. The summed E-state index contributed by atoms with van der Waals surface area (Å²) in [6, 6.07) is 0. The van der Waals surface area contributed by atoms with Crippen LogP contribution in [0.15, 0.2) is 0 Å². The van der Waals surface area contributed by atoms with Crippen LogP contribution >= 0.6 is 0 Å². The Kier molecular flexibility index (Phi) is 5.15. The van der Waals surface area contributed by atoms with Crippen LogP contribution in [0.2, 0.25) is 0 Å². The van der Waals surface area contributed by atoms with Gasteiger partial charge in [0.2, 0.25) is 0 Å². The highest BCUT2D eigenvalue weighted by molar-refractivity contribution is 5.76. The van der Waals surface area contributed by atoms with E-state index in [0.717, 1.165) is 0 Å². The highest BCUT2D eigenvalue weighted by Crippen LogP contribution is 2.14. The number of ether oxygens (including phenoxy) is 1. The van der Waals surface area contributed by atoms with Crippen LogP contribution in [0.4, 0.5) is 18.0 Å². The number of carboxylic acids is 1. The fourth-order valence-corrected chi connectivity index (χ4v) is 0.693. The molecule has 0 aromatic rings. The number of carbonyl (C=O) groups excluding carboxylic acids is 1.